The Hall–Kier alpha value is -3.99. The average Bonchev–Trinajstić information content (AvgIpc) is 3.85. The molecule has 2 saturated carbocycles. The largest absolute Gasteiger partial charge is 0.390 e. The summed E-state index contributed by atoms with van der Waals surface area (Å²) in [6.45, 7) is 6.90. The van der Waals surface area contributed by atoms with Crippen molar-refractivity contribution < 1.29 is 21.9 Å². The zero-order valence-electron chi connectivity index (χ0n) is 29.1. The molecule has 4 aromatic rings. The monoisotopic (exact) mass is 735 g/mol. The normalized spacial score (nSPS) is 21.0. The van der Waals surface area contributed by atoms with Crippen LogP contribution in [0.25, 0.3) is 22.6 Å². The number of pyridine rings is 2. The lowest BCUT2D eigenvalue weighted by atomic mass is 9.77. The van der Waals surface area contributed by atoms with Gasteiger partial charge in [-0.25, -0.2) is 31.8 Å². The van der Waals surface area contributed by atoms with Crippen LogP contribution in [0.4, 0.5) is 17.3 Å². The highest BCUT2D eigenvalue weighted by Crippen LogP contribution is 2.37. The molecule has 4 aromatic heterocycles. The Balaban J connectivity index is 1.14. The van der Waals surface area contributed by atoms with E-state index in [-0.39, 0.29) is 16.9 Å². The predicted molar refractivity (Wildman–Crippen MR) is 194 cm³/mol. The van der Waals surface area contributed by atoms with Gasteiger partial charge in [-0.2, -0.15) is 13.5 Å². The summed E-state index contributed by atoms with van der Waals surface area (Å²) < 4.78 is 54.6. The maximum atomic E-state index is 13.4. The molecule has 272 valence electrons. The Bertz CT molecular complexity index is 2080. The molecule has 1 aliphatic heterocycles. The maximum absolute atomic E-state index is 13.4. The van der Waals surface area contributed by atoms with Crippen molar-refractivity contribution in [3.63, 3.8) is 0 Å². The van der Waals surface area contributed by atoms with Gasteiger partial charge in [0, 0.05) is 55.0 Å². The Kier molecular flexibility index (Phi) is 9.62. The third-order valence-electron chi connectivity index (χ3n) is 10.3. The van der Waals surface area contributed by atoms with Crippen molar-refractivity contribution in [2.24, 2.45) is 11.8 Å². The minimum absolute atomic E-state index is 0.146. The Morgan fingerprint density at radius 2 is 1.61 bits per heavy atom. The van der Waals surface area contributed by atoms with Gasteiger partial charge in [-0.05, 0) is 95.2 Å². The molecule has 0 radical (unpaired) electrons. The van der Waals surface area contributed by atoms with Crippen LogP contribution in [0, 0.1) is 11.8 Å². The van der Waals surface area contributed by atoms with Crippen molar-refractivity contribution in [1.82, 2.24) is 33.4 Å². The van der Waals surface area contributed by atoms with Crippen LogP contribution in [-0.4, -0.2) is 85.4 Å². The molecule has 0 bridgehead atoms. The van der Waals surface area contributed by atoms with Crippen LogP contribution in [0.15, 0.2) is 60.1 Å². The molecule has 0 amide bonds. The molecule has 7 rings (SSSR count). The fourth-order valence-electron chi connectivity index (χ4n) is 6.85. The second-order valence-corrected chi connectivity index (χ2v) is 18.7. The number of nitrogens with zero attached hydrogens (tertiary/aromatic N) is 7. The fraction of sp³-hybridized carbons (Fsp3) is 0.514. The van der Waals surface area contributed by atoms with Gasteiger partial charge in [-0.1, -0.05) is 6.92 Å². The second kappa shape index (κ2) is 13.9. The molecular formula is C35H45N9O5S2. The Labute approximate surface area is 299 Å². The molecule has 0 spiro atoms. The van der Waals surface area contributed by atoms with Crippen molar-refractivity contribution in [2.45, 2.75) is 93.9 Å². The van der Waals surface area contributed by atoms with Crippen molar-refractivity contribution in [2.75, 3.05) is 23.7 Å². The lowest BCUT2D eigenvalue weighted by molar-refractivity contribution is -0.000393. The van der Waals surface area contributed by atoms with Gasteiger partial charge < -0.3 is 15.7 Å². The highest BCUT2D eigenvalue weighted by molar-refractivity contribution is 7.90. The van der Waals surface area contributed by atoms with Crippen LogP contribution in [0.1, 0.15) is 72.1 Å². The van der Waals surface area contributed by atoms with Crippen molar-refractivity contribution in [3.8, 4) is 22.6 Å². The number of aliphatic hydroxyl groups is 1. The number of hydrogen-bond acceptors (Lipinski definition) is 12. The molecule has 3 fully saturated rings. The second-order valence-electron chi connectivity index (χ2n) is 14.7. The first-order valence-corrected chi connectivity index (χ1v) is 20.6. The number of anilines is 3. The zero-order chi connectivity index (χ0) is 36.0. The van der Waals surface area contributed by atoms with Crippen molar-refractivity contribution in [1.29, 1.82) is 0 Å². The van der Waals surface area contributed by atoms with Gasteiger partial charge in [0.15, 0.2) is 5.82 Å². The van der Waals surface area contributed by atoms with Crippen LogP contribution in [0.3, 0.4) is 0 Å². The molecule has 5 heterocycles. The van der Waals surface area contributed by atoms with E-state index in [0.717, 1.165) is 48.3 Å². The number of hydrogen-bond donors (Lipinski definition) is 3. The van der Waals surface area contributed by atoms with E-state index in [1.807, 2.05) is 19.9 Å². The topological polar surface area (TPSA) is 185 Å². The lowest BCUT2D eigenvalue weighted by Crippen LogP contribution is -2.37. The molecule has 3 N–H and O–H groups in total. The highest BCUT2D eigenvalue weighted by atomic mass is 32.2. The van der Waals surface area contributed by atoms with E-state index >= 15 is 0 Å². The van der Waals surface area contributed by atoms with Crippen LogP contribution in [-0.2, 0) is 20.0 Å². The summed E-state index contributed by atoms with van der Waals surface area (Å²) in [5.41, 5.74) is 1.81. The summed E-state index contributed by atoms with van der Waals surface area (Å²) in [6, 6.07) is 7.05. The van der Waals surface area contributed by atoms with E-state index in [2.05, 4.69) is 42.6 Å². The molecular weight excluding hydrogens is 691 g/mol. The number of sulfonamides is 1. The van der Waals surface area contributed by atoms with Crippen molar-refractivity contribution >= 4 is 37.4 Å². The molecule has 2 aliphatic carbocycles. The van der Waals surface area contributed by atoms with E-state index in [1.165, 1.54) is 18.6 Å². The summed E-state index contributed by atoms with van der Waals surface area (Å²) in [5.74, 6) is 2.00. The third-order valence-corrected chi connectivity index (χ3v) is 14.2. The quantitative estimate of drug-likeness (QED) is 0.187. The minimum Gasteiger partial charge on any atom is -0.390 e. The van der Waals surface area contributed by atoms with Gasteiger partial charge in [0.2, 0.25) is 10.0 Å². The first-order valence-electron chi connectivity index (χ1n) is 17.6. The zero-order valence-corrected chi connectivity index (χ0v) is 30.7. The van der Waals surface area contributed by atoms with Crippen LogP contribution in [0.2, 0.25) is 0 Å². The van der Waals surface area contributed by atoms with Gasteiger partial charge >= 0.3 is 0 Å². The summed E-state index contributed by atoms with van der Waals surface area (Å²) >= 11 is 0. The van der Waals surface area contributed by atoms with Crippen LogP contribution in [0.5, 0.6) is 0 Å². The molecule has 0 aromatic carbocycles. The standard InChI is InChI=1S/C35H45N9O5S2/c1-23-13-16-43(17-14-23)50(46,47)28-10-11-30(37-20-28)29-21-38-33(18-31(29)40-26-6-4-25(5-7-26)35(2,3)45)41-32-12-15-36-34(42-32)24-19-39-44(22-24)51(48,49)27-8-9-27/h10-12,15,18-23,25-27,45H,4-9,13-14,16-17H2,1-3H3,(H2,36,38,40,41,42). The van der Waals surface area contributed by atoms with E-state index in [9.17, 15) is 21.9 Å². The summed E-state index contributed by atoms with van der Waals surface area (Å²) in [4.78, 5) is 18.4. The molecule has 16 heteroatoms. The van der Waals surface area contributed by atoms with E-state index in [1.54, 1.807) is 34.9 Å². The summed E-state index contributed by atoms with van der Waals surface area (Å²) in [6.07, 6.45) is 14.1. The summed E-state index contributed by atoms with van der Waals surface area (Å²) in [5, 5.41) is 21.2. The van der Waals surface area contributed by atoms with Gasteiger partial charge in [0.1, 0.15) is 16.5 Å². The lowest BCUT2D eigenvalue weighted by Gasteiger charge is -2.36. The molecule has 51 heavy (non-hydrogen) atoms. The molecule has 0 unspecified atom stereocenters. The predicted octanol–water partition coefficient (Wildman–Crippen LogP) is 5.04. The average molecular weight is 736 g/mol. The van der Waals surface area contributed by atoms with Gasteiger partial charge in [-0.15, -0.1) is 0 Å². The first kappa shape index (κ1) is 35.4. The molecule has 1 saturated heterocycles. The third kappa shape index (κ3) is 7.78. The fourth-order valence-corrected chi connectivity index (χ4v) is 9.75. The van der Waals surface area contributed by atoms with Crippen LogP contribution < -0.4 is 10.6 Å². The van der Waals surface area contributed by atoms with E-state index < -0.39 is 30.9 Å². The first-order chi connectivity index (χ1) is 24.3. The van der Waals surface area contributed by atoms with Crippen LogP contribution >= 0.6 is 0 Å². The Morgan fingerprint density at radius 3 is 2.27 bits per heavy atom. The van der Waals surface area contributed by atoms with E-state index in [0.29, 0.717) is 66.1 Å². The minimum atomic E-state index is -3.64. The van der Waals surface area contributed by atoms with Gasteiger partial charge in [0.25, 0.3) is 10.0 Å². The number of piperidine rings is 1. The SMILES string of the molecule is CC1CCN(S(=O)(=O)c2ccc(-c3cnc(Nc4ccnc(-c5cnn(S(=O)(=O)C6CC6)c5)n4)cc3NC3CCC(C(C)(C)O)CC3)nc2)CC1. The van der Waals surface area contributed by atoms with Gasteiger partial charge in [0.05, 0.1) is 34.5 Å². The molecule has 0 atom stereocenters. The highest BCUT2D eigenvalue weighted by Gasteiger charge is 2.38. The Morgan fingerprint density at radius 1 is 0.863 bits per heavy atom. The maximum Gasteiger partial charge on any atom is 0.256 e. The molecule has 14 nitrogen and oxygen atoms in total. The summed E-state index contributed by atoms with van der Waals surface area (Å²) in [7, 11) is -7.16. The number of nitrogens with one attached hydrogen (secondary N) is 2. The number of rotatable bonds is 11. The van der Waals surface area contributed by atoms with Gasteiger partial charge in [-0.3, -0.25) is 4.98 Å². The van der Waals surface area contributed by atoms with E-state index in [4.69, 9.17) is 0 Å². The number of aromatic nitrogens is 6. The van der Waals surface area contributed by atoms with Crippen molar-refractivity contribution in [3.05, 3.63) is 55.2 Å². The smallest absolute Gasteiger partial charge is 0.256 e. The molecule has 3 aliphatic rings.